The van der Waals surface area contributed by atoms with Crippen LogP contribution in [0.25, 0.3) is 0 Å². The number of rotatable bonds is 2. The van der Waals surface area contributed by atoms with Crippen molar-refractivity contribution in [2.24, 2.45) is 28.4 Å². The van der Waals surface area contributed by atoms with Gasteiger partial charge in [0.25, 0.3) is 0 Å². The number of hydrogen-bond acceptors (Lipinski definition) is 2. The Kier molecular flexibility index (Phi) is 3.94. The second-order valence-electron chi connectivity index (χ2n) is 9.91. The Labute approximate surface area is 163 Å². The van der Waals surface area contributed by atoms with Crippen LogP contribution in [0.1, 0.15) is 50.0 Å². The second kappa shape index (κ2) is 5.97. The Morgan fingerprint density at radius 1 is 1.04 bits per heavy atom. The summed E-state index contributed by atoms with van der Waals surface area (Å²) in [5, 5.41) is 0. The fourth-order valence-electron chi connectivity index (χ4n) is 7.23. The molecule has 4 bridgehead atoms. The lowest BCUT2D eigenvalue weighted by molar-refractivity contribution is -0.284. The molecule has 4 aliphatic carbocycles. The van der Waals surface area contributed by atoms with Gasteiger partial charge in [-0.15, -0.1) is 0 Å². The molecule has 2 N–H and O–H groups in total. The fraction of sp³-hybridized carbons (Fsp3) is 0.682. The summed E-state index contributed by atoms with van der Waals surface area (Å²) >= 11 is 0. The number of likely N-dealkylation sites (tertiary alicyclic amines) is 1. The quantitative estimate of drug-likeness (QED) is 0.824. The first kappa shape index (κ1) is 18.5. The number of amides is 1. The molecule has 1 amide bonds. The van der Waals surface area contributed by atoms with Crippen LogP contribution in [0.4, 0.5) is 13.2 Å². The van der Waals surface area contributed by atoms with Gasteiger partial charge in [0.15, 0.2) is 0 Å². The number of hydrogen-bond donors (Lipinski definition) is 1. The fourth-order valence-corrected chi connectivity index (χ4v) is 7.23. The maximum atomic E-state index is 14.0. The first-order chi connectivity index (χ1) is 13.2. The largest absolute Gasteiger partial charge is 0.394 e. The Bertz CT molecular complexity index is 764. The Balaban J connectivity index is 1.41. The Morgan fingerprint density at radius 3 is 2.29 bits per heavy atom. The summed E-state index contributed by atoms with van der Waals surface area (Å²) in [6.45, 7) is 0.953. The predicted octanol–water partition coefficient (Wildman–Crippen LogP) is 4.09. The van der Waals surface area contributed by atoms with Gasteiger partial charge in [-0.05, 0) is 55.9 Å². The second-order valence-corrected chi connectivity index (χ2v) is 9.91. The number of carbonyl (C=O) groups excluding carboxylic acids is 1. The Morgan fingerprint density at radius 2 is 1.68 bits per heavy atom. The molecule has 5 fully saturated rings. The van der Waals surface area contributed by atoms with Crippen LogP contribution in [-0.4, -0.2) is 36.1 Å². The summed E-state index contributed by atoms with van der Waals surface area (Å²) in [5.74, 6) is 0.0563. The van der Waals surface area contributed by atoms with E-state index in [4.69, 9.17) is 5.73 Å². The molecule has 6 rings (SSSR count). The number of carbonyl (C=O) groups is 1. The predicted molar refractivity (Wildman–Crippen MR) is 99.3 cm³/mol. The number of alkyl halides is 3. The van der Waals surface area contributed by atoms with E-state index in [0.717, 1.165) is 12.0 Å². The first-order valence-corrected chi connectivity index (χ1v) is 10.4. The van der Waals surface area contributed by atoms with E-state index in [-0.39, 0.29) is 49.0 Å². The molecule has 1 saturated heterocycles. The molecule has 2 unspecified atom stereocenters. The normalized spacial score (nSPS) is 42.2. The zero-order valence-corrected chi connectivity index (χ0v) is 15.9. The lowest BCUT2D eigenvalue weighted by atomic mass is 9.43. The smallest absolute Gasteiger partial charge is 0.340 e. The molecule has 0 aromatic heterocycles. The maximum absolute atomic E-state index is 14.0. The lowest BCUT2D eigenvalue weighted by Gasteiger charge is -2.61. The van der Waals surface area contributed by atoms with Gasteiger partial charge in [0.1, 0.15) is 0 Å². The summed E-state index contributed by atoms with van der Waals surface area (Å²) in [5.41, 5.74) is 4.98. The molecule has 1 aromatic carbocycles. The van der Waals surface area contributed by atoms with E-state index >= 15 is 0 Å². The van der Waals surface area contributed by atoms with Crippen LogP contribution in [0, 0.1) is 22.7 Å². The summed E-state index contributed by atoms with van der Waals surface area (Å²) in [6.07, 6.45) is -1.69. The van der Waals surface area contributed by atoms with Gasteiger partial charge in [-0.25, -0.2) is 0 Å². The lowest BCUT2D eigenvalue weighted by Crippen LogP contribution is -2.61. The maximum Gasteiger partial charge on any atom is 0.394 e. The third-order valence-corrected chi connectivity index (χ3v) is 8.00. The molecule has 1 heterocycles. The van der Waals surface area contributed by atoms with Crippen molar-refractivity contribution in [3.05, 3.63) is 35.9 Å². The molecule has 28 heavy (non-hydrogen) atoms. The molecule has 6 heteroatoms. The van der Waals surface area contributed by atoms with E-state index in [1.165, 1.54) is 0 Å². The summed E-state index contributed by atoms with van der Waals surface area (Å²) in [4.78, 5) is 15.4. The number of halogens is 3. The van der Waals surface area contributed by atoms with Crippen molar-refractivity contribution in [1.82, 2.24) is 4.90 Å². The molecule has 5 aliphatic rings. The molecule has 4 atom stereocenters. The van der Waals surface area contributed by atoms with E-state index in [1.54, 1.807) is 4.90 Å². The van der Waals surface area contributed by atoms with Crippen molar-refractivity contribution in [2.45, 2.75) is 56.7 Å². The van der Waals surface area contributed by atoms with Gasteiger partial charge >= 0.3 is 6.18 Å². The number of benzene rings is 1. The molecule has 0 radical (unpaired) electrons. The standard InChI is InChI=1S/C22H27F3N2O/c23-22(24,25)21-9-14-6-15(10-21)8-20(7-14,13-21)19(28)27-11-17(18(26)12-27)16-4-2-1-3-5-16/h1-5,14-15,17-18H,6-13,26H2/t14?,15?,17-,18+,20?,21?/m0/s1. The molecule has 152 valence electrons. The van der Waals surface area contributed by atoms with E-state index in [9.17, 15) is 18.0 Å². The van der Waals surface area contributed by atoms with Crippen LogP contribution in [-0.2, 0) is 4.79 Å². The highest BCUT2D eigenvalue weighted by molar-refractivity contribution is 5.84. The van der Waals surface area contributed by atoms with Gasteiger partial charge in [0.2, 0.25) is 5.91 Å². The molecule has 1 aromatic rings. The van der Waals surface area contributed by atoms with Crippen molar-refractivity contribution in [3.8, 4) is 0 Å². The van der Waals surface area contributed by atoms with Crippen LogP contribution >= 0.6 is 0 Å². The van der Waals surface area contributed by atoms with E-state index in [2.05, 4.69) is 0 Å². The highest BCUT2D eigenvalue weighted by Gasteiger charge is 2.69. The van der Waals surface area contributed by atoms with Gasteiger partial charge in [-0.3, -0.25) is 4.79 Å². The zero-order valence-electron chi connectivity index (χ0n) is 15.9. The van der Waals surface area contributed by atoms with E-state index in [1.807, 2.05) is 30.3 Å². The van der Waals surface area contributed by atoms with Crippen LogP contribution in [0.5, 0.6) is 0 Å². The molecule has 0 spiro atoms. The van der Waals surface area contributed by atoms with Crippen molar-refractivity contribution >= 4 is 5.91 Å². The number of nitrogens with two attached hydrogens (primary N) is 1. The minimum Gasteiger partial charge on any atom is -0.340 e. The van der Waals surface area contributed by atoms with E-state index < -0.39 is 17.0 Å². The van der Waals surface area contributed by atoms with Crippen LogP contribution < -0.4 is 5.73 Å². The minimum absolute atomic E-state index is 0.0168. The molecular formula is C22H27F3N2O. The van der Waals surface area contributed by atoms with Crippen LogP contribution in [0.15, 0.2) is 30.3 Å². The first-order valence-electron chi connectivity index (χ1n) is 10.4. The SMILES string of the molecule is N[C@@H]1CN(C(=O)C23CC4CC(C2)CC(C(F)(F)F)(C4)C3)C[C@H]1c1ccccc1. The summed E-state index contributed by atoms with van der Waals surface area (Å²) in [7, 11) is 0. The molecular weight excluding hydrogens is 365 g/mol. The van der Waals surface area contributed by atoms with Crippen molar-refractivity contribution in [1.29, 1.82) is 0 Å². The van der Waals surface area contributed by atoms with Gasteiger partial charge < -0.3 is 10.6 Å². The molecule has 3 nitrogen and oxygen atoms in total. The summed E-state index contributed by atoms with van der Waals surface area (Å²) in [6, 6.07) is 9.72. The van der Waals surface area contributed by atoms with Crippen molar-refractivity contribution < 1.29 is 18.0 Å². The van der Waals surface area contributed by atoms with Gasteiger partial charge in [-0.1, -0.05) is 30.3 Å². The van der Waals surface area contributed by atoms with Crippen LogP contribution in [0.3, 0.4) is 0 Å². The third-order valence-electron chi connectivity index (χ3n) is 8.00. The average molecular weight is 392 g/mol. The van der Waals surface area contributed by atoms with E-state index in [0.29, 0.717) is 25.9 Å². The topological polar surface area (TPSA) is 46.3 Å². The molecule has 1 aliphatic heterocycles. The van der Waals surface area contributed by atoms with Gasteiger partial charge in [-0.2, -0.15) is 13.2 Å². The van der Waals surface area contributed by atoms with Crippen LogP contribution in [0.2, 0.25) is 0 Å². The monoisotopic (exact) mass is 392 g/mol. The minimum atomic E-state index is -4.22. The Hall–Kier alpha value is -1.56. The van der Waals surface area contributed by atoms with Crippen molar-refractivity contribution in [3.63, 3.8) is 0 Å². The number of nitrogens with zero attached hydrogens (tertiary/aromatic N) is 1. The third kappa shape index (κ3) is 2.63. The van der Waals surface area contributed by atoms with Gasteiger partial charge in [0, 0.05) is 25.0 Å². The van der Waals surface area contributed by atoms with Gasteiger partial charge in [0.05, 0.1) is 10.8 Å². The molecule has 4 saturated carbocycles. The zero-order chi connectivity index (χ0) is 19.7. The highest BCUT2D eigenvalue weighted by Crippen LogP contribution is 2.69. The highest BCUT2D eigenvalue weighted by atomic mass is 19.4. The van der Waals surface area contributed by atoms with Crippen molar-refractivity contribution in [2.75, 3.05) is 13.1 Å². The summed E-state index contributed by atoms with van der Waals surface area (Å²) < 4.78 is 42.0. The average Bonchev–Trinajstić information content (AvgIpc) is 3.01.